The highest BCUT2D eigenvalue weighted by Gasteiger charge is 2.25. The van der Waals surface area contributed by atoms with Crippen LogP contribution in [0.4, 0.5) is 0 Å². The number of thiophene rings is 1. The lowest BCUT2D eigenvalue weighted by molar-refractivity contribution is -0.117. The molecular formula is C56H84Cl2O9S4. The van der Waals surface area contributed by atoms with E-state index >= 15 is 0 Å². The molecule has 0 radical (unpaired) electrons. The molecule has 15 heteroatoms. The first kappa shape index (κ1) is 67.8. The minimum atomic E-state index is -3.37. The first-order chi connectivity index (χ1) is 31.2. The molecule has 2 aromatic carbocycles. The molecule has 3 aliphatic carbocycles. The number of hydrogen-bond acceptors (Lipinski definition) is 10. The second-order valence-corrected chi connectivity index (χ2v) is 27.3. The Morgan fingerprint density at radius 3 is 1.03 bits per heavy atom. The predicted octanol–water partition coefficient (Wildman–Crippen LogP) is 15.6. The molecule has 3 aliphatic rings. The summed E-state index contributed by atoms with van der Waals surface area (Å²) >= 11 is 13.5. The third kappa shape index (κ3) is 19.9. The van der Waals surface area contributed by atoms with Crippen molar-refractivity contribution in [3.8, 4) is 0 Å². The van der Waals surface area contributed by atoms with Crippen LogP contribution in [0.3, 0.4) is 0 Å². The maximum absolute atomic E-state index is 12.6. The average Bonchev–Trinajstić information content (AvgIpc) is 4.09. The van der Waals surface area contributed by atoms with Crippen LogP contribution in [0.15, 0.2) is 80.8 Å². The Morgan fingerprint density at radius 1 is 0.479 bits per heavy atom. The molecule has 0 amide bonds. The maximum atomic E-state index is 12.6. The summed E-state index contributed by atoms with van der Waals surface area (Å²) in [5.41, 5.74) is 3.43. The maximum Gasteiger partial charge on any atom is 0.184 e. The Morgan fingerprint density at radius 2 is 0.775 bits per heavy atom. The van der Waals surface area contributed by atoms with Crippen LogP contribution in [0, 0.1) is 35.5 Å². The summed E-state index contributed by atoms with van der Waals surface area (Å²) in [5.74, 6) is 1.21. The number of sulfone groups is 3. The van der Waals surface area contributed by atoms with E-state index < -0.39 is 29.5 Å². The zero-order valence-corrected chi connectivity index (χ0v) is 45.1. The number of hydrogen-bond donors (Lipinski definition) is 0. The van der Waals surface area contributed by atoms with Crippen molar-refractivity contribution in [3.63, 3.8) is 0 Å². The minimum absolute atomic E-state index is 0. The van der Waals surface area contributed by atoms with Gasteiger partial charge in [0.05, 0.1) is 19.8 Å². The molecule has 1 aromatic heterocycles. The van der Waals surface area contributed by atoms with Gasteiger partial charge in [-0.25, -0.2) is 25.3 Å². The fourth-order valence-corrected chi connectivity index (χ4v) is 13.2. The highest BCUT2D eigenvalue weighted by molar-refractivity contribution is 7.92. The van der Waals surface area contributed by atoms with Crippen LogP contribution < -0.4 is 0 Å². The quantitative estimate of drug-likeness (QED) is 0.135. The second-order valence-electron chi connectivity index (χ2n) is 19.2. The van der Waals surface area contributed by atoms with Crippen molar-refractivity contribution >= 4 is 98.1 Å². The largest absolute Gasteiger partial charge is 0.294 e. The van der Waals surface area contributed by atoms with Crippen molar-refractivity contribution in [1.29, 1.82) is 0 Å². The summed E-state index contributed by atoms with van der Waals surface area (Å²) in [6.45, 7) is 11.3. The van der Waals surface area contributed by atoms with E-state index in [4.69, 9.17) is 23.2 Å². The molecule has 400 valence electrons. The number of carbonyl (C=O) groups excluding carboxylic acids is 3. The molecule has 0 spiro atoms. The third-order valence-electron chi connectivity index (χ3n) is 12.3. The molecule has 0 atom stereocenters. The van der Waals surface area contributed by atoms with Gasteiger partial charge in [0.1, 0.15) is 4.21 Å². The van der Waals surface area contributed by atoms with Crippen LogP contribution in [-0.4, -0.2) is 61.4 Å². The number of Topliss-reactive ketones (excluding diaryl/α,β-unsaturated/α-hetero) is 3. The fourth-order valence-electron chi connectivity index (χ4n) is 8.54. The number of halogens is 2. The van der Waals surface area contributed by atoms with Crippen LogP contribution in [0.25, 0.3) is 16.7 Å². The normalized spacial score (nSPS) is 16.2. The first-order valence-corrected chi connectivity index (χ1v) is 30.5. The van der Waals surface area contributed by atoms with Crippen molar-refractivity contribution in [2.45, 2.75) is 162 Å². The standard InChI is InChI=1S/2C18H23ClO3S.C16H22O3S2.4CH4/c2*1-12(2)18(20)15(10-13-6-4-5-7-13)14-8-9-17(16(19)11-14)23(3,21)22;1-11(2)16(17)13(10-12-6-4-5-7-12)14-8-9-15(20-14)21(3,18)19;;;;/h2*8-13H,4-7H2,1-3H3;8-12H,4-7H2,1-3H3;4*1H4/b2*15-10+;13-10+;;;;. The molecule has 0 bridgehead atoms. The molecule has 71 heavy (non-hydrogen) atoms. The topological polar surface area (TPSA) is 154 Å². The smallest absolute Gasteiger partial charge is 0.184 e. The molecule has 1 heterocycles. The Bertz CT molecular complexity index is 2560. The highest BCUT2D eigenvalue weighted by atomic mass is 35.5. The molecule has 3 fully saturated rings. The van der Waals surface area contributed by atoms with Crippen molar-refractivity contribution in [2.24, 2.45) is 35.5 Å². The second kappa shape index (κ2) is 29.6. The Hall–Kier alpha value is -3.20. The number of allylic oxidation sites excluding steroid dienone is 6. The van der Waals surface area contributed by atoms with Crippen LogP contribution in [0.5, 0.6) is 0 Å². The van der Waals surface area contributed by atoms with Gasteiger partial charge in [0.15, 0.2) is 46.9 Å². The van der Waals surface area contributed by atoms with E-state index in [0.29, 0.717) is 49.8 Å². The zero-order chi connectivity index (χ0) is 50.0. The number of ketones is 3. The summed E-state index contributed by atoms with van der Waals surface area (Å²) in [4.78, 5) is 38.6. The molecule has 0 N–H and O–H groups in total. The minimum Gasteiger partial charge on any atom is -0.294 e. The van der Waals surface area contributed by atoms with Gasteiger partial charge in [-0.1, -0.05) is 163 Å². The van der Waals surface area contributed by atoms with Crippen molar-refractivity contribution in [3.05, 3.63) is 92.8 Å². The zero-order valence-electron chi connectivity index (χ0n) is 40.4. The van der Waals surface area contributed by atoms with Gasteiger partial charge in [-0.3, -0.25) is 14.4 Å². The van der Waals surface area contributed by atoms with Gasteiger partial charge >= 0.3 is 0 Å². The molecule has 3 saturated carbocycles. The molecule has 0 saturated heterocycles. The lowest BCUT2D eigenvalue weighted by atomic mass is 9.91. The van der Waals surface area contributed by atoms with Crippen LogP contribution in [0.2, 0.25) is 10.0 Å². The first-order valence-electron chi connectivity index (χ1n) is 23.3. The van der Waals surface area contributed by atoms with Gasteiger partial charge in [-0.15, -0.1) is 11.3 Å². The summed E-state index contributed by atoms with van der Waals surface area (Å²) in [6, 6.07) is 12.9. The summed E-state index contributed by atoms with van der Waals surface area (Å²) in [5, 5.41) is 0.331. The van der Waals surface area contributed by atoms with Gasteiger partial charge < -0.3 is 0 Å². The van der Waals surface area contributed by atoms with E-state index in [0.717, 1.165) is 55.9 Å². The lowest BCUT2D eigenvalue weighted by Crippen LogP contribution is -2.11. The van der Waals surface area contributed by atoms with Crippen molar-refractivity contribution < 1.29 is 39.6 Å². The fraction of sp³-hybridized carbons (Fsp3) is 0.554. The molecular weight excluding hydrogens is 1020 g/mol. The van der Waals surface area contributed by atoms with Crippen LogP contribution in [0.1, 0.15) is 164 Å². The van der Waals surface area contributed by atoms with E-state index in [9.17, 15) is 39.6 Å². The SMILES string of the molecule is C.C.C.C.CC(C)C(=O)/C(=C/C1CCCC1)c1ccc(S(C)(=O)=O)c(Cl)c1.CC(C)C(=O)/C(=C/C1CCCC1)c1ccc(S(C)(=O)=O)c(Cl)c1.CC(C)C(=O)/C(=C/C1CCCC1)c1ccc(S(C)(=O)=O)s1. The third-order valence-corrected chi connectivity index (χ3v) is 18.4. The van der Waals surface area contributed by atoms with Gasteiger partial charge in [0, 0.05) is 58.1 Å². The number of benzene rings is 2. The van der Waals surface area contributed by atoms with E-state index in [2.05, 4.69) is 18.2 Å². The highest BCUT2D eigenvalue weighted by Crippen LogP contribution is 2.36. The molecule has 3 aromatic rings. The average molecular weight is 1100 g/mol. The monoisotopic (exact) mass is 1100 g/mol. The Kier molecular flexibility index (Phi) is 28.3. The van der Waals surface area contributed by atoms with E-state index in [-0.39, 0.29) is 84.6 Å². The van der Waals surface area contributed by atoms with E-state index in [1.165, 1.54) is 68.3 Å². The van der Waals surface area contributed by atoms with Gasteiger partial charge in [-0.2, -0.15) is 0 Å². The number of carbonyl (C=O) groups is 3. The molecule has 9 nitrogen and oxygen atoms in total. The van der Waals surface area contributed by atoms with Crippen molar-refractivity contribution in [2.75, 3.05) is 18.8 Å². The van der Waals surface area contributed by atoms with Gasteiger partial charge in [0.2, 0.25) is 0 Å². The summed E-state index contributed by atoms with van der Waals surface area (Å²) in [6.07, 6.45) is 23.5. The van der Waals surface area contributed by atoms with Gasteiger partial charge in [0.25, 0.3) is 0 Å². The molecule has 0 aliphatic heterocycles. The Labute approximate surface area is 444 Å². The van der Waals surface area contributed by atoms with Gasteiger partial charge in [-0.05, 0) is 104 Å². The lowest BCUT2D eigenvalue weighted by Gasteiger charge is -2.14. The van der Waals surface area contributed by atoms with Crippen LogP contribution >= 0.6 is 34.5 Å². The van der Waals surface area contributed by atoms with E-state index in [1.54, 1.807) is 36.4 Å². The molecule has 6 rings (SSSR count). The molecule has 0 unspecified atom stereocenters. The number of rotatable bonds is 15. The summed E-state index contributed by atoms with van der Waals surface area (Å²) < 4.78 is 70.3. The van der Waals surface area contributed by atoms with E-state index in [1.807, 2.05) is 41.5 Å². The van der Waals surface area contributed by atoms with Crippen LogP contribution in [-0.2, 0) is 43.9 Å². The summed E-state index contributed by atoms with van der Waals surface area (Å²) in [7, 11) is -9.95. The predicted molar refractivity (Wildman–Crippen MR) is 303 cm³/mol. The Balaban J connectivity index is 0.00000101. The van der Waals surface area contributed by atoms with Crippen molar-refractivity contribution in [1.82, 2.24) is 0 Å².